The zero-order valence-corrected chi connectivity index (χ0v) is 31.1. The Balaban J connectivity index is -0.000000244. The molecule has 270 valence electrons. The maximum absolute atomic E-state index is 11.0. The number of unbranched alkanes of at least 4 members (excludes halogenated alkanes) is 1. The molecule has 0 spiro atoms. The van der Waals surface area contributed by atoms with Gasteiger partial charge in [0.15, 0.2) is 16.1 Å². The van der Waals surface area contributed by atoms with Crippen molar-refractivity contribution in [3.8, 4) is 0 Å². The van der Waals surface area contributed by atoms with E-state index in [2.05, 4.69) is 24.5 Å². The summed E-state index contributed by atoms with van der Waals surface area (Å²) in [7, 11) is -2.45. The highest BCUT2D eigenvalue weighted by Crippen LogP contribution is 2.21. The SMILES string of the molecule is CCC(C)C(=O)O.CCC1OC(O)C(NC)C(O)C1O.CCCC.CCc1ccc(S(C)(=O)=O)cc1.CNCCS(C)(=O)=O.Cl. The first-order valence-corrected chi connectivity index (χ1v) is 19.0. The molecule has 1 saturated heterocycles. The summed E-state index contributed by atoms with van der Waals surface area (Å²) in [6, 6.07) is 6.35. The summed E-state index contributed by atoms with van der Waals surface area (Å²) in [5.41, 5.74) is 1.16. The van der Waals surface area contributed by atoms with Gasteiger partial charge in [0.2, 0.25) is 0 Å². The van der Waals surface area contributed by atoms with Crippen LogP contribution in [0.15, 0.2) is 29.2 Å². The molecule has 0 bridgehead atoms. The highest BCUT2D eigenvalue weighted by molar-refractivity contribution is 7.91. The van der Waals surface area contributed by atoms with Crippen molar-refractivity contribution in [2.45, 2.75) is 109 Å². The number of carboxylic acid groups (broad SMARTS) is 1. The van der Waals surface area contributed by atoms with Gasteiger partial charge < -0.3 is 35.8 Å². The Bertz CT molecular complexity index is 1070. The fourth-order valence-corrected chi connectivity index (χ4v) is 4.24. The van der Waals surface area contributed by atoms with E-state index in [1.54, 1.807) is 33.2 Å². The molecular weight excluding hydrogens is 648 g/mol. The van der Waals surface area contributed by atoms with Gasteiger partial charge >= 0.3 is 5.97 Å². The molecule has 1 heterocycles. The molecule has 0 aromatic heterocycles. The number of likely N-dealkylation sites (N-methyl/N-ethyl adjacent to an activating group) is 1. The summed E-state index contributed by atoms with van der Waals surface area (Å²) >= 11 is 0. The summed E-state index contributed by atoms with van der Waals surface area (Å²) in [4.78, 5) is 10.3. The van der Waals surface area contributed by atoms with E-state index >= 15 is 0 Å². The number of halogens is 1. The molecule has 12 nitrogen and oxygen atoms in total. The maximum atomic E-state index is 11.0. The van der Waals surface area contributed by atoms with Gasteiger partial charge in [-0.15, -0.1) is 12.4 Å². The predicted molar refractivity (Wildman–Crippen MR) is 184 cm³/mol. The van der Waals surface area contributed by atoms with E-state index in [4.69, 9.17) is 9.84 Å². The molecule has 15 heteroatoms. The highest BCUT2D eigenvalue weighted by atomic mass is 35.5. The molecule has 1 aromatic carbocycles. The minimum Gasteiger partial charge on any atom is -0.481 e. The van der Waals surface area contributed by atoms with Crippen LogP contribution in [-0.4, -0.2) is 113 Å². The Kier molecular flexibility index (Phi) is 31.1. The smallest absolute Gasteiger partial charge is 0.306 e. The van der Waals surface area contributed by atoms with Crippen LogP contribution in [0.2, 0.25) is 0 Å². The Morgan fingerprint density at radius 2 is 1.40 bits per heavy atom. The van der Waals surface area contributed by atoms with Crippen LogP contribution in [0.1, 0.15) is 72.8 Å². The number of aryl methyl sites for hydroxylation is 1. The zero-order valence-electron chi connectivity index (χ0n) is 28.7. The van der Waals surface area contributed by atoms with Crippen LogP contribution in [0.3, 0.4) is 0 Å². The van der Waals surface area contributed by atoms with E-state index in [0.29, 0.717) is 17.9 Å². The van der Waals surface area contributed by atoms with E-state index in [1.807, 2.05) is 32.9 Å². The van der Waals surface area contributed by atoms with Crippen molar-refractivity contribution in [3.63, 3.8) is 0 Å². The second-order valence-corrected chi connectivity index (χ2v) is 14.7. The number of aliphatic hydroxyl groups is 3. The van der Waals surface area contributed by atoms with Crippen LogP contribution in [0.5, 0.6) is 0 Å². The third kappa shape index (κ3) is 25.4. The van der Waals surface area contributed by atoms with Crippen molar-refractivity contribution < 1.29 is 46.8 Å². The van der Waals surface area contributed by atoms with Crippen molar-refractivity contribution in [3.05, 3.63) is 29.8 Å². The molecule has 2 rings (SSSR count). The number of hydrogen-bond donors (Lipinski definition) is 6. The number of nitrogens with one attached hydrogen (secondary N) is 2. The third-order valence-corrected chi connectivity index (χ3v) is 8.55. The van der Waals surface area contributed by atoms with Gasteiger partial charge in [-0.3, -0.25) is 4.79 Å². The topological polar surface area (TPSA) is 200 Å². The summed E-state index contributed by atoms with van der Waals surface area (Å²) in [6.07, 6.45) is 3.82. The summed E-state index contributed by atoms with van der Waals surface area (Å²) < 4.78 is 47.9. The number of carboxylic acids is 1. The van der Waals surface area contributed by atoms with Gasteiger partial charge in [0.1, 0.15) is 22.0 Å². The molecule has 6 unspecified atom stereocenters. The monoisotopic (exact) mass is 708 g/mol. The molecule has 0 saturated carbocycles. The third-order valence-electron chi connectivity index (χ3n) is 6.47. The number of aliphatic hydroxyl groups excluding tert-OH is 3. The van der Waals surface area contributed by atoms with Crippen LogP contribution >= 0.6 is 12.4 Å². The van der Waals surface area contributed by atoms with Crippen molar-refractivity contribution >= 4 is 38.1 Å². The fraction of sp³-hybridized carbons (Fsp3) is 0.767. The standard InChI is InChI=1S/C9H12O2S.C8H17NO4.C5H10O2.C4H11NO2S.C4H10.ClH/c1-3-8-4-6-9(7-5-8)12(2,10)11;1-3-4-6(10)7(11)5(9-2)8(12)13-4;1-3-4(2)5(6)7;1-5-3-4-8(2,6)7;1-3-4-2;/h4-7H,3H2,1-2H3;4-12H,3H2,1-2H3;4H,3H2,1-2H3,(H,6,7);5H,3-4H2,1-2H3;3-4H2,1-2H3;1H. The first kappa shape index (κ1) is 50.5. The molecule has 0 aliphatic carbocycles. The summed E-state index contributed by atoms with van der Waals surface area (Å²) in [5.74, 6) is -0.661. The summed E-state index contributed by atoms with van der Waals surface area (Å²) in [5, 5.41) is 42.1. The minimum absolute atomic E-state index is 0. The van der Waals surface area contributed by atoms with Crippen LogP contribution in [0, 0.1) is 5.92 Å². The van der Waals surface area contributed by atoms with E-state index in [0.717, 1.165) is 18.4 Å². The van der Waals surface area contributed by atoms with E-state index < -0.39 is 56.3 Å². The van der Waals surface area contributed by atoms with E-state index in [1.165, 1.54) is 25.4 Å². The summed E-state index contributed by atoms with van der Waals surface area (Å²) in [6.45, 7) is 12.3. The number of hydrogen-bond acceptors (Lipinski definition) is 11. The van der Waals surface area contributed by atoms with Crippen molar-refractivity contribution in [1.29, 1.82) is 0 Å². The van der Waals surface area contributed by atoms with Crippen molar-refractivity contribution in [2.75, 3.05) is 38.9 Å². The average molecular weight is 709 g/mol. The molecule has 0 amide bonds. The Morgan fingerprint density at radius 3 is 1.64 bits per heavy atom. The predicted octanol–water partition coefficient (Wildman–Crippen LogP) is 2.67. The lowest BCUT2D eigenvalue weighted by Gasteiger charge is -2.40. The number of rotatable bonds is 10. The van der Waals surface area contributed by atoms with Gasteiger partial charge in [-0.1, -0.05) is 66.5 Å². The molecule has 45 heavy (non-hydrogen) atoms. The largest absolute Gasteiger partial charge is 0.481 e. The fourth-order valence-electron chi connectivity index (χ4n) is 3.03. The Morgan fingerprint density at radius 1 is 0.911 bits per heavy atom. The number of sulfone groups is 2. The number of benzene rings is 1. The molecule has 1 aromatic rings. The average Bonchev–Trinajstić information content (AvgIpc) is 2.98. The lowest BCUT2D eigenvalue weighted by atomic mass is 9.96. The molecule has 6 atom stereocenters. The normalized spacial score (nSPS) is 21.3. The first-order chi connectivity index (χ1) is 20.3. The Hall–Kier alpha value is -1.36. The molecule has 1 fully saturated rings. The van der Waals surface area contributed by atoms with E-state index in [-0.39, 0.29) is 24.1 Å². The van der Waals surface area contributed by atoms with Gasteiger partial charge in [0, 0.05) is 19.1 Å². The zero-order chi connectivity index (χ0) is 35.1. The van der Waals surface area contributed by atoms with Gasteiger partial charge in [-0.2, -0.15) is 0 Å². The van der Waals surface area contributed by atoms with Gasteiger partial charge in [0.25, 0.3) is 0 Å². The first-order valence-electron chi connectivity index (χ1n) is 15.0. The number of ether oxygens (including phenoxy) is 1. The number of carbonyl (C=O) groups is 1. The quantitative estimate of drug-likeness (QED) is 0.208. The Labute approximate surface area is 278 Å². The molecule has 1 aliphatic rings. The van der Waals surface area contributed by atoms with Crippen LogP contribution in [0.4, 0.5) is 0 Å². The molecule has 0 radical (unpaired) electrons. The van der Waals surface area contributed by atoms with Crippen molar-refractivity contribution in [1.82, 2.24) is 10.6 Å². The van der Waals surface area contributed by atoms with E-state index in [9.17, 15) is 36.9 Å². The molecular formula is C30H61ClN2O10S2. The molecule has 1 aliphatic heterocycles. The second-order valence-electron chi connectivity index (χ2n) is 10.4. The number of aliphatic carboxylic acids is 1. The van der Waals surface area contributed by atoms with Crippen LogP contribution < -0.4 is 10.6 Å². The van der Waals surface area contributed by atoms with Crippen LogP contribution in [-0.2, 0) is 35.6 Å². The maximum Gasteiger partial charge on any atom is 0.306 e. The highest BCUT2D eigenvalue weighted by Gasteiger charge is 2.42. The lowest BCUT2D eigenvalue weighted by Crippen LogP contribution is -2.61. The van der Waals surface area contributed by atoms with Gasteiger partial charge in [-0.05, 0) is 51.1 Å². The van der Waals surface area contributed by atoms with Crippen molar-refractivity contribution in [2.24, 2.45) is 5.92 Å². The van der Waals surface area contributed by atoms with Gasteiger partial charge in [0.05, 0.1) is 28.7 Å². The van der Waals surface area contributed by atoms with Crippen LogP contribution in [0.25, 0.3) is 0 Å². The molecule has 6 N–H and O–H groups in total. The second kappa shape index (κ2) is 27.7. The minimum atomic E-state index is -3.03. The van der Waals surface area contributed by atoms with Gasteiger partial charge in [-0.25, -0.2) is 16.8 Å². The lowest BCUT2D eigenvalue weighted by molar-refractivity contribution is -0.247.